The number of rotatable bonds is 4. The first-order valence-electron chi connectivity index (χ1n) is 8.03. The fraction of sp³-hybridized carbons (Fsp3) is 0.105. The number of hydrogen-bond acceptors (Lipinski definition) is 4. The van der Waals surface area contributed by atoms with Gasteiger partial charge in [-0.05, 0) is 23.8 Å². The van der Waals surface area contributed by atoms with Gasteiger partial charge < -0.3 is 4.57 Å². The van der Waals surface area contributed by atoms with Crippen LogP contribution in [0.15, 0.2) is 54.7 Å². The van der Waals surface area contributed by atoms with Crippen molar-refractivity contribution in [1.82, 2.24) is 14.8 Å². The molecule has 130 valence electrons. The Morgan fingerprint density at radius 1 is 1.15 bits per heavy atom. The number of nitrogens with one attached hydrogen (secondary N) is 1. The summed E-state index contributed by atoms with van der Waals surface area (Å²) < 4.78 is 15.8. The highest BCUT2D eigenvalue weighted by molar-refractivity contribution is 7.15. The lowest BCUT2D eigenvalue weighted by atomic mass is 10.1. The summed E-state index contributed by atoms with van der Waals surface area (Å²) in [5.74, 6) is -1.10. The smallest absolute Gasteiger partial charge is 0.260 e. The standard InChI is InChI=1S/C19H15FN4OS/c1-24-11-12(13-6-3-5-9-16(13)24)10-17-22-23-19(26-17)21-18(25)14-7-2-4-8-15(14)20/h2-9,11H,10H2,1H3,(H,21,23,25). The Morgan fingerprint density at radius 2 is 1.92 bits per heavy atom. The highest BCUT2D eigenvalue weighted by Gasteiger charge is 2.15. The molecule has 2 aromatic carbocycles. The van der Waals surface area contributed by atoms with Gasteiger partial charge in [-0.25, -0.2) is 4.39 Å². The zero-order chi connectivity index (χ0) is 18.1. The normalized spacial score (nSPS) is 11.0. The van der Waals surface area contributed by atoms with E-state index in [4.69, 9.17) is 0 Å². The number of aryl methyl sites for hydroxylation is 1. The molecule has 4 aromatic rings. The third kappa shape index (κ3) is 3.09. The van der Waals surface area contributed by atoms with Crippen molar-refractivity contribution in [2.45, 2.75) is 6.42 Å². The zero-order valence-corrected chi connectivity index (χ0v) is 14.8. The van der Waals surface area contributed by atoms with Crippen molar-refractivity contribution in [2.75, 3.05) is 5.32 Å². The highest BCUT2D eigenvalue weighted by Crippen LogP contribution is 2.25. The summed E-state index contributed by atoms with van der Waals surface area (Å²) >= 11 is 1.29. The zero-order valence-electron chi connectivity index (χ0n) is 13.9. The molecule has 0 fully saturated rings. The topological polar surface area (TPSA) is 59.8 Å². The summed E-state index contributed by atoms with van der Waals surface area (Å²) in [5, 5.41) is 13.1. The van der Waals surface area contributed by atoms with Gasteiger partial charge in [0.15, 0.2) is 0 Å². The van der Waals surface area contributed by atoms with Gasteiger partial charge >= 0.3 is 0 Å². The van der Waals surface area contributed by atoms with E-state index in [1.54, 1.807) is 12.1 Å². The van der Waals surface area contributed by atoms with Gasteiger partial charge in [-0.1, -0.05) is 41.7 Å². The number of anilines is 1. The van der Waals surface area contributed by atoms with Gasteiger partial charge in [-0.15, -0.1) is 10.2 Å². The largest absolute Gasteiger partial charge is 0.350 e. The van der Waals surface area contributed by atoms with Crippen LogP contribution in [0.5, 0.6) is 0 Å². The lowest BCUT2D eigenvalue weighted by molar-refractivity contribution is 0.102. The van der Waals surface area contributed by atoms with E-state index in [0.29, 0.717) is 11.6 Å². The van der Waals surface area contributed by atoms with E-state index in [9.17, 15) is 9.18 Å². The molecule has 0 bridgehead atoms. The lowest BCUT2D eigenvalue weighted by Gasteiger charge is -2.01. The fourth-order valence-electron chi connectivity index (χ4n) is 2.91. The number of carbonyl (C=O) groups excluding carboxylic acids is 1. The van der Waals surface area contributed by atoms with Crippen molar-refractivity contribution < 1.29 is 9.18 Å². The minimum atomic E-state index is -0.564. The van der Waals surface area contributed by atoms with E-state index in [1.807, 2.05) is 19.2 Å². The van der Waals surface area contributed by atoms with Crippen LogP contribution in [0.4, 0.5) is 9.52 Å². The predicted molar refractivity (Wildman–Crippen MR) is 100.0 cm³/mol. The Labute approximate surface area is 153 Å². The van der Waals surface area contributed by atoms with Gasteiger partial charge in [0.2, 0.25) is 5.13 Å². The second-order valence-electron chi connectivity index (χ2n) is 5.89. The molecule has 1 amide bonds. The van der Waals surface area contributed by atoms with Crippen molar-refractivity contribution in [1.29, 1.82) is 0 Å². The van der Waals surface area contributed by atoms with Crippen molar-refractivity contribution in [2.24, 2.45) is 7.05 Å². The van der Waals surface area contributed by atoms with Crippen molar-refractivity contribution in [3.63, 3.8) is 0 Å². The molecular weight excluding hydrogens is 351 g/mol. The summed E-state index contributed by atoms with van der Waals surface area (Å²) in [6, 6.07) is 14.0. The summed E-state index contributed by atoms with van der Waals surface area (Å²) in [7, 11) is 2.01. The average Bonchev–Trinajstić information content (AvgIpc) is 3.20. The van der Waals surface area contributed by atoms with Crippen LogP contribution < -0.4 is 5.32 Å². The summed E-state index contributed by atoms with van der Waals surface area (Å²) in [6.45, 7) is 0. The number of fused-ring (bicyclic) bond motifs is 1. The molecule has 7 heteroatoms. The van der Waals surface area contributed by atoms with E-state index in [-0.39, 0.29) is 5.56 Å². The number of halogens is 1. The van der Waals surface area contributed by atoms with Gasteiger partial charge in [0.1, 0.15) is 10.8 Å². The maximum absolute atomic E-state index is 13.7. The molecule has 2 heterocycles. The third-order valence-electron chi connectivity index (χ3n) is 4.13. The Hall–Kier alpha value is -3.06. The van der Waals surface area contributed by atoms with Crippen LogP contribution in [0, 0.1) is 5.82 Å². The second-order valence-corrected chi connectivity index (χ2v) is 6.96. The van der Waals surface area contributed by atoms with Crippen LogP contribution in [-0.4, -0.2) is 20.7 Å². The summed E-state index contributed by atoms with van der Waals surface area (Å²) in [4.78, 5) is 12.2. The summed E-state index contributed by atoms with van der Waals surface area (Å²) in [5.41, 5.74) is 2.28. The van der Waals surface area contributed by atoms with Gasteiger partial charge in [0.25, 0.3) is 5.91 Å². The van der Waals surface area contributed by atoms with E-state index in [1.165, 1.54) is 28.9 Å². The van der Waals surface area contributed by atoms with E-state index >= 15 is 0 Å². The Bertz CT molecular complexity index is 1100. The molecule has 0 radical (unpaired) electrons. The second kappa shape index (κ2) is 6.68. The number of para-hydroxylation sites is 1. The van der Waals surface area contributed by atoms with E-state index in [0.717, 1.165) is 16.1 Å². The molecule has 0 unspecified atom stereocenters. The average molecular weight is 366 g/mol. The Morgan fingerprint density at radius 3 is 2.77 bits per heavy atom. The molecule has 0 aliphatic rings. The number of hydrogen-bond donors (Lipinski definition) is 1. The van der Waals surface area contributed by atoms with Crippen LogP contribution in [0.3, 0.4) is 0 Å². The van der Waals surface area contributed by atoms with E-state index < -0.39 is 11.7 Å². The molecule has 4 rings (SSSR count). The molecule has 2 aromatic heterocycles. The minimum Gasteiger partial charge on any atom is -0.350 e. The number of amides is 1. The first kappa shape index (κ1) is 16.4. The van der Waals surface area contributed by atoms with Gasteiger partial charge in [-0.2, -0.15) is 0 Å². The molecule has 0 aliphatic heterocycles. The third-order valence-corrected chi connectivity index (χ3v) is 4.97. The quantitative estimate of drug-likeness (QED) is 0.594. The van der Waals surface area contributed by atoms with Crippen LogP contribution in [-0.2, 0) is 13.5 Å². The van der Waals surface area contributed by atoms with Crippen LogP contribution in [0.2, 0.25) is 0 Å². The minimum absolute atomic E-state index is 0.0155. The van der Waals surface area contributed by atoms with Crippen LogP contribution in [0.25, 0.3) is 10.9 Å². The molecule has 0 atom stereocenters. The summed E-state index contributed by atoms with van der Waals surface area (Å²) in [6.07, 6.45) is 2.69. The first-order chi connectivity index (χ1) is 12.6. The van der Waals surface area contributed by atoms with Gasteiger partial charge in [0.05, 0.1) is 5.56 Å². The highest BCUT2D eigenvalue weighted by atomic mass is 32.1. The molecule has 26 heavy (non-hydrogen) atoms. The van der Waals surface area contributed by atoms with Gasteiger partial charge in [0, 0.05) is 30.6 Å². The first-order valence-corrected chi connectivity index (χ1v) is 8.84. The molecule has 1 N–H and O–H groups in total. The van der Waals surface area contributed by atoms with E-state index in [2.05, 4.69) is 38.4 Å². The molecule has 0 saturated carbocycles. The molecule has 0 saturated heterocycles. The monoisotopic (exact) mass is 366 g/mol. The number of nitrogens with zero attached hydrogens (tertiary/aromatic N) is 3. The number of carbonyl (C=O) groups is 1. The Kier molecular flexibility index (Phi) is 4.22. The number of benzene rings is 2. The van der Waals surface area contributed by atoms with Crippen LogP contribution >= 0.6 is 11.3 Å². The van der Waals surface area contributed by atoms with Crippen LogP contribution in [0.1, 0.15) is 20.9 Å². The Balaban J connectivity index is 1.53. The lowest BCUT2D eigenvalue weighted by Crippen LogP contribution is -2.13. The van der Waals surface area contributed by atoms with Crippen molar-refractivity contribution in [3.8, 4) is 0 Å². The molecule has 5 nitrogen and oxygen atoms in total. The number of aromatic nitrogens is 3. The molecule has 0 aliphatic carbocycles. The predicted octanol–water partition coefficient (Wildman–Crippen LogP) is 4.01. The van der Waals surface area contributed by atoms with Crippen molar-refractivity contribution in [3.05, 3.63) is 76.7 Å². The van der Waals surface area contributed by atoms with Gasteiger partial charge in [-0.3, -0.25) is 10.1 Å². The SMILES string of the molecule is Cn1cc(Cc2nnc(NC(=O)c3ccccc3F)s2)c2ccccc21. The maximum atomic E-state index is 13.7. The fourth-order valence-corrected chi connectivity index (χ4v) is 3.67. The maximum Gasteiger partial charge on any atom is 0.260 e. The molecular formula is C19H15FN4OS. The molecule has 0 spiro atoms. The van der Waals surface area contributed by atoms with Crippen molar-refractivity contribution >= 4 is 33.3 Å².